The van der Waals surface area contributed by atoms with Gasteiger partial charge in [0.2, 0.25) is 17.7 Å². The molecule has 2 atom stereocenters. The number of carbonyl (C=O) groups is 4. The van der Waals surface area contributed by atoms with Gasteiger partial charge in [0, 0.05) is 11.6 Å². The molecule has 0 aliphatic carbocycles. The van der Waals surface area contributed by atoms with Gasteiger partial charge in [0.15, 0.2) is 0 Å². The van der Waals surface area contributed by atoms with Gasteiger partial charge in [0.1, 0.15) is 17.7 Å². The Balaban J connectivity index is 3.50. The Morgan fingerprint density at radius 3 is 2.09 bits per heavy atom. The largest absolute Gasteiger partial charge is 0.444 e. The second kappa shape index (κ2) is 11.4. The molecule has 0 saturated carbocycles. The van der Waals surface area contributed by atoms with Crippen molar-refractivity contribution >= 4 is 23.8 Å². The van der Waals surface area contributed by atoms with Crippen molar-refractivity contribution in [1.29, 1.82) is 0 Å². The van der Waals surface area contributed by atoms with Gasteiger partial charge in [-0.2, -0.15) is 0 Å². The van der Waals surface area contributed by atoms with Crippen LogP contribution in [0, 0.1) is 6.92 Å². The van der Waals surface area contributed by atoms with E-state index in [4.69, 9.17) is 10.5 Å². The molecule has 1 rings (SSSR count). The Morgan fingerprint density at radius 2 is 1.65 bits per heavy atom. The van der Waals surface area contributed by atoms with E-state index in [0.717, 1.165) is 5.56 Å². The van der Waals surface area contributed by atoms with Gasteiger partial charge in [-0.1, -0.05) is 29.8 Å². The first-order valence-electron chi connectivity index (χ1n) is 11.4. The summed E-state index contributed by atoms with van der Waals surface area (Å²) in [5, 5.41) is 5.40. The number of nitrogens with one attached hydrogen (secondary N) is 2. The van der Waals surface area contributed by atoms with Gasteiger partial charge in [0.25, 0.3) is 0 Å². The minimum Gasteiger partial charge on any atom is -0.444 e. The molecule has 4 N–H and O–H groups in total. The number of primary amides is 1. The number of alkyl carbamates (subject to hydrolysis) is 1. The van der Waals surface area contributed by atoms with Crippen molar-refractivity contribution in [1.82, 2.24) is 15.5 Å². The van der Waals surface area contributed by atoms with E-state index in [9.17, 15) is 19.2 Å². The van der Waals surface area contributed by atoms with Gasteiger partial charge in [-0.25, -0.2) is 4.79 Å². The summed E-state index contributed by atoms with van der Waals surface area (Å²) in [6.07, 6.45) is -1.30. The fourth-order valence-corrected chi connectivity index (χ4v) is 3.43. The Morgan fingerprint density at radius 1 is 1.06 bits per heavy atom. The van der Waals surface area contributed by atoms with E-state index in [2.05, 4.69) is 10.6 Å². The van der Waals surface area contributed by atoms with Crippen molar-refractivity contribution in [2.24, 2.45) is 5.73 Å². The van der Waals surface area contributed by atoms with Crippen molar-refractivity contribution in [3.05, 3.63) is 35.4 Å². The van der Waals surface area contributed by atoms with E-state index in [0.29, 0.717) is 5.56 Å². The number of carbonyl (C=O) groups excluding carboxylic acids is 4. The summed E-state index contributed by atoms with van der Waals surface area (Å²) in [5.74, 6) is -1.77. The molecule has 4 amide bonds. The average molecular weight is 477 g/mol. The lowest BCUT2D eigenvalue weighted by Gasteiger charge is -2.38. The summed E-state index contributed by atoms with van der Waals surface area (Å²) in [5.41, 5.74) is 5.55. The van der Waals surface area contributed by atoms with Crippen molar-refractivity contribution in [3.63, 3.8) is 0 Å². The van der Waals surface area contributed by atoms with Crippen LogP contribution in [0.4, 0.5) is 4.79 Å². The van der Waals surface area contributed by atoms with Crippen LogP contribution in [0.1, 0.15) is 79.0 Å². The number of hydrogen-bond acceptors (Lipinski definition) is 5. The van der Waals surface area contributed by atoms with Crippen molar-refractivity contribution in [3.8, 4) is 0 Å². The molecule has 0 aromatic heterocycles. The van der Waals surface area contributed by atoms with Crippen LogP contribution in [-0.2, 0) is 19.1 Å². The highest BCUT2D eigenvalue weighted by molar-refractivity contribution is 5.94. The zero-order valence-corrected chi connectivity index (χ0v) is 21.8. The molecule has 0 aliphatic rings. The Labute approximate surface area is 202 Å². The van der Waals surface area contributed by atoms with Crippen molar-refractivity contribution in [2.45, 2.75) is 98.0 Å². The number of aryl methyl sites for hydroxylation is 1. The Kier molecular flexibility index (Phi) is 9.66. The molecule has 0 bridgehead atoms. The van der Waals surface area contributed by atoms with Crippen LogP contribution in [0.3, 0.4) is 0 Å². The van der Waals surface area contributed by atoms with Gasteiger partial charge < -0.3 is 26.0 Å². The summed E-state index contributed by atoms with van der Waals surface area (Å²) in [7, 11) is 0. The fourth-order valence-electron chi connectivity index (χ4n) is 3.43. The van der Waals surface area contributed by atoms with Gasteiger partial charge in [-0.3, -0.25) is 14.4 Å². The maximum atomic E-state index is 13.8. The Hall–Kier alpha value is -3.10. The summed E-state index contributed by atoms with van der Waals surface area (Å²) in [6, 6.07) is 4.56. The highest BCUT2D eigenvalue weighted by Gasteiger charge is 2.39. The zero-order chi connectivity index (χ0) is 26.4. The summed E-state index contributed by atoms with van der Waals surface area (Å²) < 4.78 is 5.26. The van der Waals surface area contributed by atoms with E-state index >= 15 is 0 Å². The maximum absolute atomic E-state index is 13.8. The van der Waals surface area contributed by atoms with E-state index in [-0.39, 0.29) is 5.91 Å². The fraction of sp³-hybridized carbons (Fsp3) is 0.600. The molecule has 34 heavy (non-hydrogen) atoms. The third-order valence-corrected chi connectivity index (χ3v) is 4.59. The molecule has 0 heterocycles. The van der Waals surface area contributed by atoms with E-state index in [1.807, 2.05) is 45.9 Å². The number of nitrogens with zero attached hydrogens (tertiary/aromatic N) is 1. The lowest BCUT2D eigenvalue weighted by atomic mass is 9.97. The smallest absolute Gasteiger partial charge is 0.408 e. The topological polar surface area (TPSA) is 131 Å². The molecule has 0 fully saturated rings. The molecule has 1 aromatic carbocycles. The molecule has 0 aliphatic heterocycles. The number of ether oxygens (including phenoxy) is 1. The second-order valence-corrected chi connectivity index (χ2v) is 10.8. The number of hydrogen-bond donors (Lipinski definition) is 3. The first-order valence-corrected chi connectivity index (χ1v) is 11.4. The number of rotatable bonds is 8. The third kappa shape index (κ3) is 9.41. The lowest BCUT2D eigenvalue weighted by Crippen LogP contribution is -2.57. The van der Waals surface area contributed by atoms with Gasteiger partial charge >= 0.3 is 6.09 Å². The quantitative estimate of drug-likeness (QED) is 0.531. The molecule has 0 saturated heterocycles. The van der Waals surface area contributed by atoms with Crippen LogP contribution in [0.5, 0.6) is 0 Å². The third-order valence-electron chi connectivity index (χ3n) is 4.59. The zero-order valence-electron chi connectivity index (χ0n) is 21.8. The molecule has 0 spiro atoms. The first kappa shape index (κ1) is 28.9. The highest BCUT2D eigenvalue weighted by Crippen LogP contribution is 2.27. The Bertz CT molecular complexity index is 899. The number of benzene rings is 1. The van der Waals surface area contributed by atoms with Crippen LogP contribution >= 0.6 is 0 Å². The SMILES string of the molecule is Cc1cccc(C(C(=O)NC(C)(C)C)N(C(=O)C(CC(N)=O)NC(=O)OC(C)(C)C)C(C)C)c1. The van der Waals surface area contributed by atoms with Crippen LogP contribution in [0.2, 0.25) is 0 Å². The van der Waals surface area contributed by atoms with E-state index in [1.54, 1.807) is 40.7 Å². The standard InChI is InChI=1S/C25H40N4O5/c1-15(2)29(22(32)18(14-19(26)30)27-23(33)34-25(7,8)9)20(21(31)28-24(4,5)6)17-12-10-11-16(3)13-17/h10-13,15,18,20H,14H2,1-9H3,(H2,26,30)(H,27,33)(H,28,31). The molecule has 0 radical (unpaired) electrons. The maximum Gasteiger partial charge on any atom is 0.408 e. The average Bonchev–Trinajstić information content (AvgIpc) is 2.61. The second-order valence-electron chi connectivity index (χ2n) is 10.8. The number of nitrogens with two attached hydrogens (primary N) is 1. The van der Waals surface area contributed by atoms with Crippen molar-refractivity contribution < 1.29 is 23.9 Å². The lowest BCUT2D eigenvalue weighted by molar-refractivity contribution is -0.146. The van der Waals surface area contributed by atoms with Crippen molar-refractivity contribution in [2.75, 3.05) is 0 Å². The number of amides is 4. The van der Waals surface area contributed by atoms with E-state index in [1.165, 1.54) is 4.90 Å². The normalized spacial score (nSPS) is 13.6. The van der Waals surface area contributed by atoms with Gasteiger partial charge in [-0.05, 0) is 67.9 Å². The van der Waals surface area contributed by atoms with Crippen LogP contribution in [0.25, 0.3) is 0 Å². The van der Waals surface area contributed by atoms with Gasteiger partial charge in [-0.15, -0.1) is 0 Å². The van der Waals surface area contributed by atoms with Crippen LogP contribution in [-0.4, -0.2) is 51.9 Å². The molecule has 1 aromatic rings. The minimum absolute atomic E-state index is 0.379. The minimum atomic E-state index is -1.30. The van der Waals surface area contributed by atoms with Crippen LogP contribution < -0.4 is 16.4 Å². The predicted molar refractivity (Wildman–Crippen MR) is 131 cm³/mol. The van der Waals surface area contributed by atoms with E-state index < -0.39 is 53.6 Å². The molecule has 9 heteroatoms. The molecule has 2 unspecified atom stereocenters. The monoisotopic (exact) mass is 476 g/mol. The molecule has 9 nitrogen and oxygen atoms in total. The van der Waals surface area contributed by atoms with Crippen LogP contribution in [0.15, 0.2) is 24.3 Å². The summed E-state index contributed by atoms with van der Waals surface area (Å²) in [4.78, 5) is 52.8. The predicted octanol–water partition coefficient (Wildman–Crippen LogP) is 2.96. The molecule has 190 valence electrons. The summed E-state index contributed by atoms with van der Waals surface area (Å²) in [6.45, 7) is 16.0. The molecular weight excluding hydrogens is 436 g/mol. The summed E-state index contributed by atoms with van der Waals surface area (Å²) >= 11 is 0. The molecular formula is C25H40N4O5. The first-order chi connectivity index (χ1) is 15.4. The van der Waals surface area contributed by atoms with Gasteiger partial charge in [0.05, 0.1) is 6.42 Å². The highest BCUT2D eigenvalue weighted by atomic mass is 16.6.